The first-order valence-electron chi connectivity index (χ1n) is 8.24. The molecule has 0 bridgehead atoms. The largest absolute Gasteiger partial charge is 0.486 e. The van der Waals surface area contributed by atoms with Gasteiger partial charge in [-0.3, -0.25) is 4.90 Å². The number of aryl methyl sites for hydroxylation is 1. The van der Waals surface area contributed by atoms with E-state index in [0.717, 1.165) is 31.1 Å². The van der Waals surface area contributed by atoms with Gasteiger partial charge in [0, 0.05) is 19.6 Å². The van der Waals surface area contributed by atoms with Gasteiger partial charge in [-0.25, -0.2) is 0 Å². The molecule has 24 heavy (non-hydrogen) atoms. The number of ether oxygens (including phenoxy) is 3. The van der Waals surface area contributed by atoms with Gasteiger partial charge in [-0.05, 0) is 31.5 Å². The first-order valence-corrected chi connectivity index (χ1v) is 8.24. The molecule has 0 amide bonds. The Kier molecular flexibility index (Phi) is 4.12. The van der Waals surface area contributed by atoms with Crippen LogP contribution in [-0.2, 0) is 11.3 Å². The van der Waals surface area contributed by atoms with Crippen molar-refractivity contribution in [2.75, 3.05) is 26.3 Å². The van der Waals surface area contributed by atoms with Gasteiger partial charge in [-0.1, -0.05) is 11.2 Å². The Morgan fingerprint density at radius 1 is 1.17 bits per heavy atom. The van der Waals surface area contributed by atoms with Gasteiger partial charge in [0.15, 0.2) is 17.3 Å². The molecule has 0 radical (unpaired) electrons. The summed E-state index contributed by atoms with van der Waals surface area (Å²) in [5.41, 5.74) is 1.19. The topological polar surface area (TPSA) is 69.9 Å². The minimum atomic E-state index is -0.188. The van der Waals surface area contributed by atoms with Gasteiger partial charge in [0.1, 0.15) is 19.3 Å². The molecule has 2 atom stereocenters. The molecule has 7 heteroatoms. The number of hydrogen-bond acceptors (Lipinski definition) is 7. The van der Waals surface area contributed by atoms with Gasteiger partial charge in [0.25, 0.3) is 5.89 Å². The van der Waals surface area contributed by atoms with Crippen LogP contribution in [0.25, 0.3) is 0 Å². The maximum absolute atomic E-state index is 5.96. The van der Waals surface area contributed by atoms with Crippen LogP contribution in [0.5, 0.6) is 11.5 Å². The molecule has 0 N–H and O–H groups in total. The van der Waals surface area contributed by atoms with Gasteiger partial charge in [-0.2, -0.15) is 4.98 Å². The fourth-order valence-electron chi connectivity index (χ4n) is 3.19. The predicted octanol–water partition coefficient (Wildman–Crippen LogP) is 2.11. The maximum atomic E-state index is 5.96. The van der Waals surface area contributed by atoms with E-state index in [1.807, 2.05) is 13.0 Å². The minimum absolute atomic E-state index is 0.105. The van der Waals surface area contributed by atoms with Crippen molar-refractivity contribution < 1.29 is 18.7 Å². The van der Waals surface area contributed by atoms with E-state index in [1.54, 1.807) is 0 Å². The van der Waals surface area contributed by atoms with Gasteiger partial charge in [0.2, 0.25) is 0 Å². The summed E-state index contributed by atoms with van der Waals surface area (Å²) in [7, 11) is 0. The second-order valence-corrected chi connectivity index (χ2v) is 6.29. The Hall–Kier alpha value is -2.12. The molecule has 3 heterocycles. The van der Waals surface area contributed by atoms with Crippen LogP contribution in [0.2, 0.25) is 0 Å². The van der Waals surface area contributed by atoms with Crippen LogP contribution in [0.3, 0.4) is 0 Å². The number of fused-ring (bicyclic) bond motifs is 1. The second-order valence-electron chi connectivity index (χ2n) is 6.29. The van der Waals surface area contributed by atoms with E-state index in [-0.39, 0.29) is 12.2 Å². The van der Waals surface area contributed by atoms with Crippen molar-refractivity contribution in [2.45, 2.75) is 32.6 Å². The van der Waals surface area contributed by atoms with Crippen molar-refractivity contribution in [1.82, 2.24) is 15.0 Å². The van der Waals surface area contributed by atoms with Gasteiger partial charge >= 0.3 is 0 Å². The molecule has 1 fully saturated rings. The summed E-state index contributed by atoms with van der Waals surface area (Å²) in [6, 6.07) is 6.12. The summed E-state index contributed by atoms with van der Waals surface area (Å²) in [5, 5.41) is 3.86. The fourth-order valence-corrected chi connectivity index (χ4v) is 3.19. The summed E-state index contributed by atoms with van der Waals surface area (Å²) in [4.78, 5) is 6.64. The molecule has 0 saturated carbocycles. The maximum Gasteiger partial charge on any atom is 0.257 e. The highest BCUT2D eigenvalue weighted by Crippen LogP contribution is 2.32. The van der Waals surface area contributed by atoms with E-state index in [0.29, 0.717) is 24.9 Å². The summed E-state index contributed by atoms with van der Waals surface area (Å²) < 4.78 is 22.5. The molecule has 2 aliphatic heterocycles. The third-order valence-electron chi connectivity index (χ3n) is 4.17. The Bertz CT molecular complexity index is 718. The number of morpholine rings is 1. The minimum Gasteiger partial charge on any atom is -0.486 e. The lowest BCUT2D eigenvalue weighted by Crippen LogP contribution is -2.42. The Balaban J connectivity index is 1.47. The number of rotatable bonds is 3. The van der Waals surface area contributed by atoms with Crippen molar-refractivity contribution in [3.05, 3.63) is 35.5 Å². The van der Waals surface area contributed by atoms with Crippen LogP contribution < -0.4 is 9.47 Å². The van der Waals surface area contributed by atoms with Crippen molar-refractivity contribution in [2.24, 2.45) is 0 Å². The van der Waals surface area contributed by atoms with E-state index in [9.17, 15) is 0 Å². The highest BCUT2D eigenvalue weighted by molar-refractivity contribution is 5.43. The number of nitrogens with zero attached hydrogens (tertiary/aromatic N) is 3. The molecular formula is C17H21N3O4. The molecule has 0 aliphatic carbocycles. The monoisotopic (exact) mass is 331 g/mol. The third-order valence-corrected chi connectivity index (χ3v) is 4.17. The van der Waals surface area contributed by atoms with E-state index < -0.39 is 0 Å². The van der Waals surface area contributed by atoms with Crippen LogP contribution in [-0.4, -0.2) is 47.4 Å². The second kappa shape index (κ2) is 6.41. The van der Waals surface area contributed by atoms with E-state index >= 15 is 0 Å². The standard InChI is InChI=1S/C17H21N3O4/c1-11-8-20(10-16(23-11)17-18-12(2)19-24-17)9-13-3-4-14-15(7-13)22-6-5-21-14/h3-4,7,11,16H,5-6,8-10H2,1-2H3/t11-,16-/m1/s1. The molecule has 2 aliphatic rings. The quantitative estimate of drug-likeness (QED) is 0.853. The highest BCUT2D eigenvalue weighted by atomic mass is 16.6. The fraction of sp³-hybridized carbons (Fsp3) is 0.529. The SMILES string of the molecule is Cc1noc([C@H]2CN(Cc3ccc4c(c3)OCCO4)C[C@@H](C)O2)n1. The molecule has 4 rings (SSSR count). The van der Waals surface area contributed by atoms with Crippen molar-refractivity contribution in [3.63, 3.8) is 0 Å². The van der Waals surface area contributed by atoms with E-state index in [1.165, 1.54) is 5.56 Å². The predicted molar refractivity (Wildman–Crippen MR) is 85.0 cm³/mol. The first kappa shape index (κ1) is 15.4. The molecule has 7 nitrogen and oxygen atoms in total. The smallest absolute Gasteiger partial charge is 0.257 e. The summed E-state index contributed by atoms with van der Waals surface area (Å²) >= 11 is 0. The number of aromatic nitrogens is 2. The molecule has 128 valence electrons. The van der Waals surface area contributed by atoms with Crippen LogP contribution >= 0.6 is 0 Å². The molecule has 1 saturated heterocycles. The van der Waals surface area contributed by atoms with Crippen molar-refractivity contribution in [3.8, 4) is 11.5 Å². The van der Waals surface area contributed by atoms with E-state index in [4.69, 9.17) is 18.7 Å². The molecule has 1 aromatic carbocycles. The third kappa shape index (κ3) is 3.22. The number of benzene rings is 1. The van der Waals surface area contributed by atoms with Gasteiger partial charge in [0.05, 0.1) is 6.10 Å². The van der Waals surface area contributed by atoms with Crippen LogP contribution in [0.4, 0.5) is 0 Å². The Morgan fingerprint density at radius 2 is 2.00 bits per heavy atom. The lowest BCUT2D eigenvalue weighted by Gasteiger charge is -2.35. The summed E-state index contributed by atoms with van der Waals surface area (Å²) in [5.74, 6) is 2.82. The average molecular weight is 331 g/mol. The summed E-state index contributed by atoms with van der Waals surface area (Å²) in [6.45, 7) is 7.48. The molecule has 2 aromatic rings. The summed E-state index contributed by atoms with van der Waals surface area (Å²) in [6.07, 6.45) is -0.0830. The zero-order chi connectivity index (χ0) is 16.5. The Morgan fingerprint density at radius 3 is 2.79 bits per heavy atom. The Labute approximate surface area is 140 Å². The normalized spacial score (nSPS) is 24.1. The zero-order valence-corrected chi connectivity index (χ0v) is 13.9. The first-order chi connectivity index (χ1) is 11.7. The molecule has 1 aromatic heterocycles. The van der Waals surface area contributed by atoms with Crippen LogP contribution in [0.1, 0.15) is 30.3 Å². The van der Waals surface area contributed by atoms with E-state index in [2.05, 4.69) is 34.1 Å². The van der Waals surface area contributed by atoms with Crippen molar-refractivity contribution >= 4 is 0 Å². The number of hydrogen-bond donors (Lipinski definition) is 0. The lowest BCUT2D eigenvalue weighted by molar-refractivity contribution is -0.0930. The van der Waals surface area contributed by atoms with Gasteiger partial charge in [-0.15, -0.1) is 0 Å². The zero-order valence-electron chi connectivity index (χ0n) is 13.9. The molecule has 0 spiro atoms. The average Bonchev–Trinajstić information content (AvgIpc) is 3.01. The van der Waals surface area contributed by atoms with Crippen molar-refractivity contribution in [1.29, 1.82) is 0 Å². The molecule has 0 unspecified atom stereocenters. The van der Waals surface area contributed by atoms with Gasteiger partial charge < -0.3 is 18.7 Å². The highest BCUT2D eigenvalue weighted by Gasteiger charge is 2.30. The van der Waals surface area contributed by atoms with Crippen LogP contribution in [0.15, 0.2) is 22.7 Å². The lowest BCUT2D eigenvalue weighted by atomic mass is 10.1. The molecular weight excluding hydrogens is 310 g/mol. The van der Waals surface area contributed by atoms with Crippen LogP contribution in [0, 0.1) is 6.92 Å².